The number of thiophene rings is 1. The summed E-state index contributed by atoms with van der Waals surface area (Å²) >= 11 is 1.58. The largest absolute Gasteiger partial charge is 0.351 e. The van der Waals surface area contributed by atoms with Crippen LogP contribution in [0.2, 0.25) is 0 Å². The van der Waals surface area contributed by atoms with Gasteiger partial charge in [0.05, 0.1) is 10.6 Å². The van der Waals surface area contributed by atoms with E-state index in [1.54, 1.807) is 29.7 Å². The van der Waals surface area contributed by atoms with Gasteiger partial charge < -0.3 is 10.6 Å². The Morgan fingerprint density at radius 2 is 1.88 bits per heavy atom. The van der Waals surface area contributed by atoms with Crippen LogP contribution < -0.4 is 10.6 Å². The summed E-state index contributed by atoms with van der Waals surface area (Å²) in [6.45, 7) is 2.82. The van der Waals surface area contributed by atoms with Gasteiger partial charge in [-0.2, -0.15) is 5.10 Å². The molecule has 0 aliphatic rings. The molecule has 0 radical (unpaired) electrons. The summed E-state index contributed by atoms with van der Waals surface area (Å²) in [5.74, 6) is -0.459. The number of hydrogen-bond donors (Lipinski definition) is 3. The summed E-state index contributed by atoms with van der Waals surface area (Å²) in [5.41, 5.74) is 2.56. The molecule has 0 atom stereocenters. The Labute approximate surface area is 154 Å². The number of rotatable bonds is 7. The number of aryl methyl sites for hydroxylation is 1. The molecule has 0 unspecified atom stereocenters. The molecule has 0 saturated heterocycles. The van der Waals surface area contributed by atoms with Crippen LogP contribution in [-0.4, -0.2) is 40.1 Å². The first-order valence-electron chi connectivity index (χ1n) is 8.22. The molecule has 0 aliphatic carbocycles. The predicted molar refractivity (Wildman–Crippen MR) is 100 cm³/mol. The van der Waals surface area contributed by atoms with Crippen molar-refractivity contribution in [3.05, 3.63) is 58.9 Å². The number of H-pyrrole nitrogens is 1. The predicted octanol–water partition coefficient (Wildman–Crippen LogP) is 2.39. The summed E-state index contributed by atoms with van der Waals surface area (Å²) in [5, 5.41) is 14.4. The van der Waals surface area contributed by atoms with Crippen molar-refractivity contribution in [2.45, 2.75) is 13.3 Å². The number of nitrogens with one attached hydrogen (secondary N) is 3. The lowest BCUT2D eigenvalue weighted by Gasteiger charge is -2.06. The first-order chi connectivity index (χ1) is 12.6. The number of nitrogens with zero attached hydrogens (tertiary/aromatic N) is 2. The maximum Gasteiger partial charge on any atom is 0.271 e. The molecule has 134 valence electrons. The van der Waals surface area contributed by atoms with Gasteiger partial charge in [-0.1, -0.05) is 12.1 Å². The molecule has 0 saturated carbocycles. The number of hydrogen-bond acceptors (Lipinski definition) is 5. The molecule has 3 rings (SSSR count). The lowest BCUT2D eigenvalue weighted by atomic mass is 10.2. The second-order valence-electron chi connectivity index (χ2n) is 5.73. The van der Waals surface area contributed by atoms with Crippen LogP contribution >= 0.6 is 11.3 Å². The highest BCUT2D eigenvalue weighted by molar-refractivity contribution is 7.13. The number of aromatic amines is 1. The van der Waals surface area contributed by atoms with Gasteiger partial charge in [-0.25, -0.2) is 0 Å². The lowest BCUT2D eigenvalue weighted by molar-refractivity contribution is 0.0946. The van der Waals surface area contributed by atoms with Crippen molar-refractivity contribution >= 4 is 23.2 Å². The highest BCUT2D eigenvalue weighted by atomic mass is 32.1. The van der Waals surface area contributed by atoms with Crippen molar-refractivity contribution in [2.75, 3.05) is 13.1 Å². The Hall–Kier alpha value is -3.00. The fourth-order valence-corrected chi connectivity index (χ4v) is 2.96. The maximum absolute atomic E-state index is 12.1. The quantitative estimate of drug-likeness (QED) is 0.557. The third-order valence-corrected chi connectivity index (χ3v) is 4.57. The number of carbonyl (C=O) groups excluding carboxylic acids is 2. The maximum atomic E-state index is 12.1. The third kappa shape index (κ3) is 4.54. The van der Waals surface area contributed by atoms with Crippen molar-refractivity contribution in [2.24, 2.45) is 0 Å². The second kappa shape index (κ2) is 8.39. The van der Waals surface area contributed by atoms with Gasteiger partial charge in [-0.3, -0.25) is 19.7 Å². The molecule has 0 fully saturated rings. The van der Waals surface area contributed by atoms with Crippen LogP contribution in [-0.2, 0) is 0 Å². The molecule has 7 nitrogen and oxygen atoms in total. The molecule has 0 bridgehead atoms. The van der Waals surface area contributed by atoms with Gasteiger partial charge in [0.2, 0.25) is 0 Å². The molecular formula is C18H19N5O2S. The third-order valence-electron chi connectivity index (χ3n) is 3.67. The fraction of sp³-hybridized carbons (Fsp3) is 0.222. The molecule has 0 spiro atoms. The van der Waals surface area contributed by atoms with E-state index in [1.807, 2.05) is 30.5 Å². The van der Waals surface area contributed by atoms with E-state index < -0.39 is 0 Å². The molecular weight excluding hydrogens is 350 g/mol. The summed E-state index contributed by atoms with van der Waals surface area (Å²) in [6, 6.07) is 9.17. The zero-order chi connectivity index (χ0) is 18.4. The molecule has 2 amide bonds. The smallest absolute Gasteiger partial charge is 0.271 e. The van der Waals surface area contributed by atoms with E-state index >= 15 is 0 Å². The van der Waals surface area contributed by atoms with Gasteiger partial charge in [-0.15, -0.1) is 11.3 Å². The lowest BCUT2D eigenvalue weighted by Crippen LogP contribution is -2.30. The van der Waals surface area contributed by atoms with Crippen molar-refractivity contribution in [1.29, 1.82) is 0 Å². The Morgan fingerprint density at radius 1 is 1.12 bits per heavy atom. The first kappa shape index (κ1) is 17.8. The van der Waals surface area contributed by atoms with Gasteiger partial charge in [0, 0.05) is 19.3 Å². The summed E-state index contributed by atoms with van der Waals surface area (Å²) in [6.07, 6.45) is 2.27. The molecule has 0 aromatic carbocycles. The highest BCUT2D eigenvalue weighted by Gasteiger charge is 2.11. The van der Waals surface area contributed by atoms with Gasteiger partial charge in [0.25, 0.3) is 11.8 Å². The van der Waals surface area contributed by atoms with E-state index in [0.717, 1.165) is 16.1 Å². The first-order valence-corrected chi connectivity index (χ1v) is 9.10. The Morgan fingerprint density at radius 3 is 2.54 bits per heavy atom. The van der Waals surface area contributed by atoms with Crippen molar-refractivity contribution in [3.8, 4) is 10.6 Å². The normalized spacial score (nSPS) is 10.5. The average molecular weight is 369 g/mol. The molecule has 8 heteroatoms. The van der Waals surface area contributed by atoms with Crippen molar-refractivity contribution < 1.29 is 9.59 Å². The summed E-state index contributed by atoms with van der Waals surface area (Å²) in [4.78, 5) is 29.1. The van der Waals surface area contributed by atoms with Gasteiger partial charge in [0.1, 0.15) is 5.69 Å². The second-order valence-corrected chi connectivity index (χ2v) is 6.68. The van der Waals surface area contributed by atoms with E-state index in [-0.39, 0.29) is 11.8 Å². The SMILES string of the molecule is Cc1ccc(C(=O)NCCCNC(=O)c2cc(-c3cccs3)[nH]n2)nc1. The Bertz CT molecular complexity index is 871. The van der Waals surface area contributed by atoms with Crippen LogP contribution in [0.3, 0.4) is 0 Å². The zero-order valence-electron chi connectivity index (χ0n) is 14.3. The molecule has 0 aliphatic heterocycles. The minimum absolute atomic E-state index is 0.218. The number of carbonyl (C=O) groups is 2. The van der Waals surface area contributed by atoms with Crippen LogP contribution in [0.4, 0.5) is 0 Å². The van der Waals surface area contributed by atoms with Crippen LogP contribution in [0.5, 0.6) is 0 Å². The van der Waals surface area contributed by atoms with Gasteiger partial charge in [0.15, 0.2) is 5.69 Å². The Kier molecular flexibility index (Phi) is 5.75. The average Bonchev–Trinajstić information content (AvgIpc) is 3.33. The van der Waals surface area contributed by atoms with Gasteiger partial charge >= 0.3 is 0 Å². The van der Waals surface area contributed by atoms with E-state index in [2.05, 4.69) is 25.8 Å². The number of pyridine rings is 1. The fourth-order valence-electron chi connectivity index (χ4n) is 2.27. The van der Waals surface area contributed by atoms with Crippen LogP contribution in [0.1, 0.15) is 33.0 Å². The Balaban J connectivity index is 1.39. The zero-order valence-corrected chi connectivity index (χ0v) is 15.1. The summed E-state index contributed by atoms with van der Waals surface area (Å²) < 4.78 is 0. The minimum Gasteiger partial charge on any atom is -0.351 e. The van der Waals surface area contributed by atoms with E-state index in [1.165, 1.54) is 0 Å². The highest BCUT2D eigenvalue weighted by Crippen LogP contribution is 2.22. The molecule has 3 aromatic rings. The monoisotopic (exact) mass is 369 g/mol. The van der Waals surface area contributed by atoms with E-state index in [0.29, 0.717) is 30.9 Å². The van der Waals surface area contributed by atoms with E-state index in [9.17, 15) is 9.59 Å². The van der Waals surface area contributed by atoms with Crippen LogP contribution in [0.25, 0.3) is 10.6 Å². The van der Waals surface area contributed by atoms with Crippen molar-refractivity contribution in [3.63, 3.8) is 0 Å². The van der Waals surface area contributed by atoms with Crippen LogP contribution in [0, 0.1) is 6.92 Å². The molecule has 3 heterocycles. The molecule has 3 aromatic heterocycles. The molecule has 26 heavy (non-hydrogen) atoms. The molecule has 3 N–H and O–H groups in total. The van der Waals surface area contributed by atoms with Gasteiger partial charge in [-0.05, 0) is 42.5 Å². The number of aromatic nitrogens is 3. The number of amides is 2. The standard InChI is InChI=1S/C18H19N5O2S/c1-12-5-6-13(21-11-12)17(24)19-7-3-8-20-18(25)15-10-14(22-23-15)16-4-2-9-26-16/h2,4-6,9-11H,3,7-8H2,1H3,(H,19,24)(H,20,25)(H,22,23). The summed E-state index contributed by atoms with van der Waals surface area (Å²) in [7, 11) is 0. The van der Waals surface area contributed by atoms with E-state index in [4.69, 9.17) is 0 Å². The van der Waals surface area contributed by atoms with Crippen LogP contribution in [0.15, 0.2) is 41.9 Å². The van der Waals surface area contributed by atoms with Crippen molar-refractivity contribution in [1.82, 2.24) is 25.8 Å². The topological polar surface area (TPSA) is 99.8 Å². The minimum atomic E-state index is -0.240.